The van der Waals surface area contributed by atoms with E-state index in [2.05, 4.69) is 66.5 Å². The monoisotopic (exact) mass is 812 g/mol. The summed E-state index contributed by atoms with van der Waals surface area (Å²) < 4.78 is 78.2. The van der Waals surface area contributed by atoms with E-state index < -0.39 is 39.6 Å². The van der Waals surface area contributed by atoms with Gasteiger partial charge in [-0.15, -0.1) is 17.5 Å². The Bertz CT molecular complexity index is 1680. The molecule has 0 spiro atoms. The standard InChI is InChI=1S/C15H14ClF3N2Si.C10H5ClF3IN2.C5H10Si/c1-22(2,3)9-8-11-10-20-21(14(11)16)13-6-4-12(5-7-13)15(17,18)19;11-9-8(15)5-16-17(9)7-3-1-6(2-4-7)10(12,13)14;1-5-6(2,3)4/h4-7,10H,1-3H3;1-5H;1H,2-4H3. The Hall–Kier alpha value is -2.70. The van der Waals surface area contributed by atoms with Gasteiger partial charge in [-0.2, -0.15) is 36.5 Å². The van der Waals surface area contributed by atoms with E-state index in [1.807, 2.05) is 22.6 Å². The van der Waals surface area contributed by atoms with Crippen molar-refractivity contribution in [3.8, 4) is 34.8 Å². The number of nitrogens with zero attached hydrogens (tertiary/aromatic N) is 4. The minimum Gasteiger partial charge on any atom is -0.221 e. The fourth-order valence-corrected chi connectivity index (χ4v) is 4.22. The molecule has 0 unspecified atom stereocenters. The summed E-state index contributed by atoms with van der Waals surface area (Å²) in [5.41, 5.74) is 6.04. The van der Waals surface area contributed by atoms with Crippen LogP contribution in [0.5, 0.6) is 0 Å². The van der Waals surface area contributed by atoms with Gasteiger partial charge >= 0.3 is 12.4 Å². The molecule has 0 atom stereocenters. The van der Waals surface area contributed by atoms with Gasteiger partial charge in [0.05, 0.1) is 44.0 Å². The molecule has 0 bridgehead atoms. The van der Waals surface area contributed by atoms with E-state index in [-0.39, 0.29) is 0 Å². The number of halogens is 9. The van der Waals surface area contributed by atoms with Crippen LogP contribution >= 0.6 is 45.8 Å². The van der Waals surface area contributed by atoms with Crippen LogP contribution in [0.15, 0.2) is 60.9 Å². The van der Waals surface area contributed by atoms with Crippen molar-refractivity contribution in [2.24, 2.45) is 0 Å². The Kier molecular flexibility index (Phi) is 13.1. The molecule has 0 aliphatic carbocycles. The lowest BCUT2D eigenvalue weighted by Crippen LogP contribution is -2.16. The molecule has 0 aliphatic heterocycles. The van der Waals surface area contributed by atoms with E-state index in [0.717, 1.165) is 27.8 Å². The molecule has 2 aromatic heterocycles. The van der Waals surface area contributed by atoms with Crippen molar-refractivity contribution >= 4 is 61.9 Å². The maximum absolute atomic E-state index is 12.6. The molecule has 0 fully saturated rings. The molecule has 0 radical (unpaired) electrons. The fourth-order valence-electron chi connectivity index (χ4n) is 2.93. The third-order valence-electron chi connectivity index (χ3n) is 5.26. The first-order valence-electron chi connectivity index (χ1n) is 13.0. The molecule has 0 amide bonds. The van der Waals surface area contributed by atoms with E-state index in [9.17, 15) is 26.3 Å². The van der Waals surface area contributed by atoms with Gasteiger partial charge in [-0.25, -0.2) is 9.36 Å². The summed E-state index contributed by atoms with van der Waals surface area (Å²) in [7, 11) is -2.65. The van der Waals surface area contributed by atoms with Crippen LogP contribution in [0.4, 0.5) is 26.3 Å². The molecule has 4 aromatic rings. The van der Waals surface area contributed by atoms with Crippen molar-refractivity contribution in [2.75, 3.05) is 0 Å². The largest absolute Gasteiger partial charge is 0.416 e. The van der Waals surface area contributed by atoms with Gasteiger partial charge in [0.1, 0.15) is 26.5 Å². The summed E-state index contributed by atoms with van der Waals surface area (Å²) in [6.07, 6.45) is -0.513. The number of aromatic nitrogens is 4. The van der Waals surface area contributed by atoms with Crippen molar-refractivity contribution in [3.05, 3.63) is 91.5 Å². The Morgan fingerprint density at radius 2 is 1.07 bits per heavy atom. The van der Waals surface area contributed by atoms with E-state index >= 15 is 0 Å². The summed E-state index contributed by atoms with van der Waals surface area (Å²) in [6.45, 7) is 12.8. The summed E-state index contributed by atoms with van der Waals surface area (Å²) >= 11 is 14.1. The van der Waals surface area contributed by atoms with Crippen molar-refractivity contribution in [3.63, 3.8) is 0 Å². The highest BCUT2D eigenvalue weighted by Crippen LogP contribution is 2.31. The van der Waals surface area contributed by atoms with Crippen molar-refractivity contribution < 1.29 is 26.3 Å². The summed E-state index contributed by atoms with van der Waals surface area (Å²) in [5.74, 6) is 3.00. The van der Waals surface area contributed by atoms with E-state index in [4.69, 9.17) is 29.6 Å². The van der Waals surface area contributed by atoms with Crippen LogP contribution in [0.2, 0.25) is 49.6 Å². The number of hydrogen-bond acceptors (Lipinski definition) is 2. The molecule has 2 aromatic carbocycles. The van der Waals surface area contributed by atoms with Gasteiger partial charge in [0.25, 0.3) is 0 Å². The second-order valence-corrected chi connectivity index (χ2v) is 22.9. The zero-order valence-corrected chi connectivity index (χ0v) is 30.7. The molecule has 4 nitrogen and oxygen atoms in total. The van der Waals surface area contributed by atoms with Crippen molar-refractivity contribution in [1.29, 1.82) is 0 Å². The van der Waals surface area contributed by atoms with Gasteiger partial charge in [0, 0.05) is 0 Å². The topological polar surface area (TPSA) is 35.6 Å². The first kappa shape index (κ1) is 38.5. The normalized spacial score (nSPS) is 11.7. The Balaban J connectivity index is 0.000000272. The second-order valence-electron chi connectivity index (χ2n) is 11.4. The van der Waals surface area contributed by atoms with E-state index in [0.29, 0.717) is 27.2 Å². The summed E-state index contributed by atoms with van der Waals surface area (Å²) in [4.78, 5) is 0. The lowest BCUT2D eigenvalue weighted by molar-refractivity contribution is -0.138. The highest BCUT2D eigenvalue weighted by Gasteiger charge is 2.31. The number of benzene rings is 2. The minimum absolute atomic E-state index is 0.297. The number of rotatable bonds is 2. The molecule has 240 valence electrons. The van der Waals surface area contributed by atoms with Crippen LogP contribution in [-0.2, 0) is 12.4 Å². The van der Waals surface area contributed by atoms with Crippen LogP contribution in [0.3, 0.4) is 0 Å². The molecular formula is C30H29Cl2F6IN4Si2. The molecule has 0 N–H and O–H groups in total. The lowest BCUT2D eigenvalue weighted by Gasteiger charge is -2.08. The van der Waals surface area contributed by atoms with Crippen molar-refractivity contribution in [2.45, 2.75) is 51.6 Å². The van der Waals surface area contributed by atoms with Gasteiger partial charge in [0.15, 0.2) is 0 Å². The maximum atomic E-state index is 12.6. The van der Waals surface area contributed by atoms with Gasteiger partial charge < -0.3 is 0 Å². The van der Waals surface area contributed by atoms with Gasteiger partial charge in [-0.1, -0.05) is 68.4 Å². The highest BCUT2D eigenvalue weighted by molar-refractivity contribution is 14.1. The smallest absolute Gasteiger partial charge is 0.221 e. The number of hydrogen-bond donors (Lipinski definition) is 0. The third-order valence-corrected chi connectivity index (χ3v) is 8.84. The molecule has 0 saturated carbocycles. The zero-order valence-electron chi connectivity index (χ0n) is 25.0. The van der Waals surface area contributed by atoms with Crippen LogP contribution < -0.4 is 0 Å². The van der Waals surface area contributed by atoms with Gasteiger partial charge in [-0.3, -0.25) is 0 Å². The first-order valence-corrected chi connectivity index (χ1v) is 21.9. The number of terminal acetylenes is 1. The average molecular weight is 814 g/mol. The van der Waals surface area contributed by atoms with Crippen LogP contribution in [0.1, 0.15) is 16.7 Å². The molecule has 45 heavy (non-hydrogen) atoms. The molecule has 15 heteroatoms. The summed E-state index contributed by atoms with van der Waals surface area (Å²) in [5, 5.41) is 8.74. The maximum Gasteiger partial charge on any atom is 0.416 e. The molecule has 4 rings (SSSR count). The summed E-state index contributed by atoms with van der Waals surface area (Å²) in [6, 6.07) is 9.33. The average Bonchev–Trinajstić information content (AvgIpc) is 3.47. The minimum atomic E-state index is -4.36. The molecule has 2 heterocycles. The Morgan fingerprint density at radius 1 is 0.689 bits per heavy atom. The van der Waals surface area contributed by atoms with E-state index in [1.54, 1.807) is 6.20 Å². The second kappa shape index (κ2) is 15.3. The fraction of sp³-hybridized carbons (Fsp3) is 0.267. The number of alkyl halides is 6. The van der Waals surface area contributed by atoms with Gasteiger partial charge in [-0.05, 0) is 71.1 Å². The SMILES string of the molecule is C#C[Si](C)(C)C.C[Si](C)(C)C#Cc1cnn(-c2ccc(C(F)(F)F)cc2)c1Cl.FC(F)(F)c1ccc(-n2ncc(I)c2Cl)cc1. The van der Waals surface area contributed by atoms with Crippen LogP contribution in [0.25, 0.3) is 11.4 Å². The Morgan fingerprint density at radius 3 is 1.38 bits per heavy atom. The zero-order chi connectivity index (χ0) is 34.4. The van der Waals surface area contributed by atoms with Crippen LogP contribution in [0, 0.1) is 27.0 Å². The van der Waals surface area contributed by atoms with Gasteiger partial charge in [0.2, 0.25) is 0 Å². The molecular weight excluding hydrogens is 784 g/mol. The quantitative estimate of drug-likeness (QED) is 0.0875. The van der Waals surface area contributed by atoms with Crippen molar-refractivity contribution in [1.82, 2.24) is 19.6 Å². The molecule has 0 saturated heterocycles. The Labute approximate surface area is 284 Å². The first-order chi connectivity index (χ1) is 20.5. The molecule has 0 aliphatic rings. The third kappa shape index (κ3) is 12.2. The van der Waals surface area contributed by atoms with E-state index in [1.165, 1.54) is 39.8 Å². The predicted octanol–water partition coefficient (Wildman–Crippen LogP) is 10.4. The lowest BCUT2D eigenvalue weighted by atomic mass is 10.2. The highest BCUT2D eigenvalue weighted by atomic mass is 127. The van der Waals surface area contributed by atoms with Crippen LogP contribution in [-0.4, -0.2) is 35.7 Å². The predicted molar refractivity (Wildman–Crippen MR) is 182 cm³/mol.